The number of furan rings is 1. The predicted molar refractivity (Wildman–Crippen MR) is 237 cm³/mol. The van der Waals surface area contributed by atoms with Crippen LogP contribution in [0.4, 0.5) is 17.1 Å². The lowest BCUT2D eigenvalue weighted by molar-refractivity contribution is 0.672. The van der Waals surface area contributed by atoms with Crippen molar-refractivity contribution >= 4 is 71.3 Å². The summed E-state index contributed by atoms with van der Waals surface area (Å²) in [6.45, 7) is 0. The molecule has 11 rings (SSSR count). The zero-order valence-electron chi connectivity index (χ0n) is 38.9. The molecular formula is C54H35NO. The Balaban J connectivity index is 1.19. The van der Waals surface area contributed by atoms with Crippen LogP contribution in [0, 0.1) is 0 Å². The van der Waals surface area contributed by atoms with Crippen molar-refractivity contribution in [3.8, 4) is 33.4 Å². The van der Waals surface area contributed by atoms with Crippen molar-refractivity contribution in [1.82, 2.24) is 0 Å². The molecule has 0 aliphatic rings. The number of nitrogens with zero attached hydrogens (tertiary/aromatic N) is 1. The molecular weight excluding hydrogens is 679 g/mol. The van der Waals surface area contributed by atoms with E-state index in [-0.39, 0.29) is 39.2 Å². The van der Waals surface area contributed by atoms with Crippen LogP contribution < -0.4 is 4.90 Å². The molecule has 10 aromatic carbocycles. The fourth-order valence-electron chi connectivity index (χ4n) is 7.86. The standard InChI is InChI=1S/C54H35NO/c1-3-12-36(13-4-1)38-24-29-43(30-25-38)55(44-31-26-39(27-32-44)37-14-5-2-6-15-37)51-20-11-21-52-53(51)50-35-49(47-18-9-10-19-48(47)54(50)56-52)42-28-33-46-41(34-42)23-22-40-16-7-8-17-45(40)46/h1-35H/i7D,8D,16D,17D,22D,23D,28D,33D,34D. The minimum atomic E-state index is -0.562. The summed E-state index contributed by atoms with van der Waals surface area (Å²) in [5, 5.41) is 2.20. The second-order valence-corrected chi connectivity index (χ2v) is 13.8. The van der Waals surface area contributed by atoms with Gasteiger partial charge in [0, 0.05) is 22.1 Å². The first-order valence-electron chi connectivity index (χ1n) is 22.9. The summed E-state index contributed by atoms with van der Waals surface area (Å²) in [7, 11) is 0. The SMILES string of the molecule is [2H]c1c([2H])c([2H])c2c(c1[2H])c([2H])c([2H])c1c([2H])c(-c3cc4c(oc5cccc(N(c6ccc(-c7ccccc7)cc6)c6ccc(-c7ccccc7)cc6)c54)c4ccccc34)c([2H])c([2H])c12. The second kappa shape index (κ2) is 13.2. The van der Waals surface area contributed by atoms with Gasteiger partial charge >= 0.3 is 0 Å². The van der Waals surface area contributed by atoms with Crippen molar-refractivity contribution in [3.63, 3.8) is 0 Å². The average Bonchev–Trinajstić information content (AvgIpc) is 3.73. The van der Waals surface area contributed by atoms with Crippen LogP contribution >= 0.6 is 0 Å². The van der Waals surface area contributed by atoms with E-state index in [1.165, 1.54) is 0 Å². The Bertz CT molecular complexity index is 3660. The van der Waals surface area contributed by atoms with Crippen LogP contribution in [0.5, 0.6) is 0 Å². The molecule has 0 radical (unpaired) electrons. The molecule has 0 saturated heterocycles. The molecule has 2 nitrogen and oxygen atoms in total. The first-order chi connectivity index (χ1) is 31.5. The normalized spacial score (nSPS) is 13.8. The van der Waals surface area contributed by atoms with Crippen molar-refractivity contribution in [2.45, 2.75) is 0 Å². The van der Waals surface area contributed by atoms with Crippen LogP contribution in [0.25, 0.3) is 87.6 Å². The number of fused-ring (bicyclic) bond motifs is 8. The maximum atomic E-state index is 9.72. The Kier molecular flexibility index (Phi) is 5.66. The molecule has 0 amide bonds. The molecule has 0 saturated carbocycles. The quantitative estimate of drug-likeness (QED) is 0.159. The van der Waals surface area contributed by atoms with Gasteiger partial charge < -0.3 is 9.32 Å². The van der Waals surface area contributed by atoms with Gasteiger partial charge in [-0.2, -0.15) is 0 Å². The first kappa shape index (κ1) is 24.1. The lowest BCUT2D eigenvalue weighted by Crippen LogP contribution is -2.10. The summed E-state index contributed by atoms with van der Waals surface area (Å²) in [4.78, 5) is 2.19. The molecule has 0 bridgehead atoms. The first-order valence-corrected chi connectivity index (χ1v) is 18.4. The van der Waals surface area contributed by atoms with Gasteiger partial charge in [0.05, 0.1) is 23.4 Å². The van der Waals surface area contributed by atoms with Crippen molar-refractivity contribution in [2.24, 2.45) is 0 Å². The highest BCUT2D eigenvalue weighted by Crippen LogP contribution is 2.47. The van der Waals surface area contributed by atoms with Gasteiger partial charge in [0.25, 0.3) is 0 Å². The number of hydrogen-bond donors (Lipinski definition) is 0. The summed E-state index contributed by atoms with van der Waals surface area (Å²) in [5.41, 5.74) is 8.65. The highest BCUT2D eigenvalue weighted by Gasteiger charge is 2.22. The smallest absolute Gasteiger partial charge is 0.143 e. The Hall–Kier alpha value is -7.42. The van der Waals surface area contributed by atoms with Gasteiger partial charge in [-0.05, 0) is 109 Å². The van der Waals surface area contributed by atoms with Crippen LogP contribution in [-0.2, 0) is 0 Å². The Labute approximate surface area is 337 Å². The number of anilines is 3. The summed E-state index contributed by atoms with van der Waals surface area (Å²) in [5.74, 6) is 0. The molecule has 1 heterocycles. The van der Waals surface area contributed by atoms with Gasteiger partial charge in [-0.3, -0.25) is 0 Å². The van der Waals surface area contributed by atoms with E-state index < -0.39 is 42.3 Å². The molecule has 0 spiro atoms. The third-order valence-electron chi connectivity index (χ3n) is 10.5. The maximum Gasteiger partial charge on any atom is 0.143 e. The highest BCUT2D eigenvalue weighted by atomic mass is 16.3. The topological polar surface area (TPSA) is 16.4 Å². The zero-order chi connectivity index (χ0) is 44.8. The molecule has 11 aromatic rings. The largest absolute Gasteiger partial charge is 0.455 e. The van der Waals surface area contributed by atoms with Crippen LogP contribution in [0.15, 0.2) is 217 Å². The molecule has 0 unspecified atom stereocenters. The molecule has 262 valence electrons. The van der Waals surface area contributed by atoms with Gasteiger partial charge in [0.15, 0.2) is 0 Å². The lowest BCUT2D eigenvalue weighted by atomic mass is 9.92. The molecule has 0 aliphatic heterocycles. The third-order valence-corrected chi connectivity index (χ3v) is 10.5. The lowest BCUT2D eigenvalue weighted by Gasteiger charge is -2.26. The number of benzene rings is 10. The zero-order valence-corrected chi connectivity index (χ0v) is 29.9. The van der Waals surface area contributed by atoms with Gasteiger partial charge in [0.2, 0.25) is 0 Å². The van der Waals surface area contributed by atoms with Crippen molar-refractivity contribution in [3.05, 3.63) is 212 Å². The minimum absolute atomic E-state index is 0.0605. The molecule has 2 heteroatoms. The summed E-state index contributed by atoms with van der Waals surface area (Å²) in [6.07, 6.45) is 0. The van der Waals surface area contributed by atoms with E-state index >= 15 is 0 Å². The van der Waals surface area contributed by atoms with Crippen molar-refractivity contribution in [2.75, 3.05) is 4.90 Å². The van der Waals surface area contributed by atoms with E-state index in [1.54, 1.807) is 0 Å². The van der Waals surface area contributed by atoms with E-state index in [0.29, 0.717) is 32.9 Å². The minimum Gasteiger partial charge on any atom is -0.455 e. The van der Waals surface area contributed by atoms with Gasteiger partial charge in [-0.25, -0.2) is 0 Å². The molecule has 0 aliphatic carbocycles. The van der Waals surface area contributed by atoms with E-state index in [2.05, 4.69) is 77.7 Å². The molecule has 56 heavy (non-hydrogen) atoms. The van der Waals surface area contributed by atoms with E-state index in [4.69, 9.17) is 12.6 Å². The van der Waals surface area contributed by atoms with E-state index in [9.17, 15) is 4.11 Å². The van der Waals surface area contributed by atoms with Gasteiger partial charge in [-0.1, -0.05) is 164 Å². The fraction of sp³-hybridized carbons (Fsp3) is 0. The van der Waals surface area contributed by atoms with E-state index in [0.717, 1.165) is 44.7 Å². The summed E-state index contributed by atoms with van der Waals surface area (Å²) < 4.78 is 87.6. The van der Waals surface area contributed by atoms with Gasteiger partial charge in [0.1, 0.15) is 11.2 Å². The molecule has 0 N–H and O–H groups in total. The number of rotatable bonds is 6. The average molecular weight is 723 g/mol. The highest BCUT2D eigenvalue weighted by molar-refractivity contribution is 6.23. The number of hydrogen-bond acceptors (Lipinski definition) is 2. The summed E-state index contributed by atoms with van der Waals surface area (Å²) in [6, 6.07) is 48.5. The van der Waals surface area contributed by atoms with Crippen molar-refractivity contribution in [1.29, 1.82) is 0 Å². The Morgan fingerprint density at radius 2 is 1.00 bits per heavy atom. The van der Waals surface area contributed by atoms with E-state index in [1.807, 2.05) is 84.9 Å². The monoisotopic (exact) mass is 722 g/mol. The fourth-order valence-corrected chi connectivity index (χ4v) is 7.86. The van der Waals surface area contributed by atoms with Crippen LogP contribution in [0.1, 0.15) is 12.3 Å². The van der Waals surface area contributed by atoms with Crippen LogP contribution in [0.3, 0.4) is 0 Å². The molecule has 0 fully saturated rings. The second-order valence-electron chi connectivity index (χ2n) is 13.8. The Morgan fingerprint density at radius 3 is 1.70 bits per heavy atom. The molecule has 1 aromatic heterocycles. The van der Waals surface area contributed by atoms with Crippen molar-refractivity contribution < 1.29 is 16.8 Å². The molecule has 0 atom stereocenters. The summed E-state index contributed by atoms with van der Waals surface area (Å²) >= 11 is 0. The Morgan fingerprint density at radius 1 is 0.411 bits per heavy atom. The van der Waals surface area contributed by atoms with Crippen LogP contribution in [-0.4, -0.2) is 0 Å². The van der Waals surface area contributed by atoms with Gasteiger partial charge in [-0.15, -0.1) is 0 Å². The third kappa shape index (κ3) is 5.34. The predicted octanol–water partition coefficient (Wildman–Crippen LogP) is 15.5. The maximum absolute atomic E-state index is 9.72. The van der Waals surface area contributed by atoms with Crippen LogP contribution in [0.2, 0.25) is 0 Å².